The summed E-state index contributed by atoms with van der Waals surface area (Å²) >= 11 is 0. The Balaban J connectivity index is 1.65. The number of likely N-dealkylation sites (tertiary alicyclic amines) is 1. The molecule has 0 bridgehead atoms. The van der Waals surface area contributed by atoms with Gasteiger partial charge in [0, 0.05) is 31.7 Å². The van der Waals surface area contributed by atoms with Crippen molar-refractivity contribution >= 4 is 17.5 Å². The van der Waals surface area contributed by atoms with Gasteiger partial charge < -0.3 is 14.7 Å². The standard InChI is InChI=1S/C23H24N2O5/c26-18-8-6-16(7-9-18)20-19(21(27)17-4-2-1-3-5-17)22(28)23(29)25(20)11-10-24-12-14-30-15-13-24/h1-9,19-20,26H,10-15H2. The van der Waals surface area contributed by atoms with E-state index in [-0.39, 0.29) is 11.5 Å². The summed E-state index contributed by atoms with van der Waals surface area (Å²) in [5, 5.41) is 9.66. The number of carbonyl (C=O) groups is 3. The molecule has 0 saturated carbocycles. The van der Waals surface area contributed by atoms with Crippen LogP contribution in [0.15, 0.2) is 54.6 Å². The van der Waals surface area contributed by atoms with Crippen molar-refractivity contribution in [2.45, 2.75) is 6.04 Å². The fourth-order valence-electron chi connectivity index (χ4n) is 4.13. The van der Waals surface area contributed by atoms with Gasteiger partial charge >= 0.3 is 0 Å². The Bertz CT molecular complexity index is 922. The molecular formula is C23H24N2O5. The summed E-state index contributed by atoms with van der Waals surface area (Å²) in [6.07, 6.45) is 0. The van der Waals surface area contributed by atoms with Crippen molar-refractivity contribution < 1.29 is 24.2 Å². The molecule has 1 amide bonds. The molecule has 2 heterocycles. The number of ether oxygens (including phenoxy) is 1. The molecule has 2 aliphatic rings. The Labute approximate surface area is 174 Å². The number of rotatable bonds is 6. The average molecular weight is 408 g/mol. The van der Waals surface area contributed by atoms with E-state index in [0.717, 1.165) is 13.1 Å². The number of phenols is 1. The first kappa shape index (κ1) is 20.3. The van der Waals surface area contributed by atoms with Gasteiger partial charge in [0.25, 0.3) is 5.91 Å². The number of Topliss-reactive ketones (excluding diaryl/α,β-unsaturated/α-hetero) is 2. The topological polar surface area (TPSA) is 87.2 Å². The minimum absolute atomic E-state index is 0.0835. The van der Waals surface area contributed by atoms with Gasteiger partial charge in [-0.2, -0.15) is 0 Å². The van der Waals surface area contributed by atoms with Gasteiger partial charge in [-0.15, -0.1) is 0 Å². The molecule has 2 aromatic rings. The Morgan fingerprint density at radius 3 is 2.30 bits per heavy atom. The van der Waals surface area contributed by atoms with Crippen LogP contribution in [0.4, 0.5) is 0 Å². The molecule has 7 nitrogen and oxygen atoms in total. The van der Waals surface area contributed by atoms with Gasteiger partial charge in [0.05, 0.1) is 19.3 Å². The van der Waals surface area contributed by atoms with E-state index in [9.17, 15) is 19.5 Å². The first-order valence-electron chi connectivity index (χ1n) is 10.1. The van der Waals surface area contributed by atoms with Crippen LogP contribution in [0.1, 0.15) is 22.0 Å². The fraction of sp³-hybridized carbons (Fsp3) is 0.348. The highest BCUT2D eigenvalue weighted by Crippen LogP contribution is 2.38. The molecule has 156 valence electrons. The summed E-state index contributed by atoms with van der Waals surface area (Å²) in [6.45, 7) is 3.77. The number of amides is 1. The smallest absolute Gasteiger partial charge is 0.291 e. The van der Waals surface area contributed by atoms with Crippen LogP contribution in [0.3, 0.4) is 0 Å². The molecule has 2 atom stereocenters. The molecule has 7 heteroatoms. The van der Waals surface area contributed by atoms with Crippen molar-refractivity contribution in [3.05, 3.63) is 65.7 Å². The lowest BCUT2D eigenvalue weighted by Crippen LogP contribution is -2.42. The number of morpholine rings is 1. The minimum Gasteiger partial charge on any atom is -0.508 e. The molecule has 2 aliphatic heterocycles. The zero-order chi connectivity index (χ0) is 21.1. The van der Waals surface area contributed by atoms with Crippen LogP contribution >= 0.6 is 0 Å². The van der Waals surface area contributed by atoms with Gasteiger partial charge in [-0.3, -0.25) is 19.3 Å². The average Bonchev–Trinajstić information content (AvgIpc) is 3.04. The van der Waals surface area contributed by atoms with Crippen LogP contribution in [0.2, 0.25) is 0 Å². The van der Waals surface area contributed by atoms with E-state index in [2.05, 4.69) is 4.90 Å². The first-order chi connectivity index (χ1) is 14.6. The number of hydrogen-bond acceptors (Lipinski definition) is 6. The van der Waals surface area contributed by atoms with Gasteiger partial charge in [0.1, 0.15) is 11.7 Å². The molecule has 30 heavy (non-hydrogen) atoms. The van der Waals surface area contributed by atoms with E-state index in [1.165, 1.54) is 17.0 Å². The second-order valence-corrected chi connectivity index (χ2v) is 7.56. The molecular weight excluding hydrogens is 384 g/mol. The van der Waals surface area contributed by atoms with Crippen LogP contribution in [0, 0.1) is 5.92 Å². The number of ketones is 2. The van der Waals surface area contributed by atoms with Gasteiger partial charge in [-0.05, 0) is 17.7 Å². The van der Waals surface area contributed by atoms with Crippen molar-refractivity contribution in [2.75, 3.05) is 39.4 Å². The normalized spacial score (nSPS) is 22.5. The molecule has 2 aromatic carbocycles. The summed E-state index contributed by atoms with van der Waals surface area (Å²) in [5.74, 6) is -2.69. The highest BCUT2D eigenvalue weighted by Gasteiger charge is 2.51. The second-order valence-electron chi connectivity index (χ2n) is 7.56. The summed E-state index contributed by atoms with van der Waals surface area (Å²) in [7, 11) is 0. The summed E-state index contributed by atoms with van der Waals surface area (Å²) in [6, 6.07) is 14.2. The van der Waals surface area contributed by atoms with Crippen molar-refractivity contribution in [3.63, 3.8) is 0 Å². The predicted octanol–water partition coefficient (Wildman–Crippen LogP) is 1.68. The molecule has 2 unspecified atom stereocenters. The lowest BCUT2D eigenvalue weighted by molar-refractivity contribution is -0.141. The van der Waals surface area contributed by atoms with Gasteiger partial charge in [-0.1, -0.05) is 42.5 Å². The Kier molecular flexibility index (Phi) is 5.92. The molecule has 0 aliphatic carbocycles. The maximum atomic E-state index is 13.2. The van der Waals surface area contributed by atoms with Gasteiger partial charge in [0.2, 0.25) is 5.78 Å². The third kappa shape index (κ3) is 3.99. The molecule has 1 N–H and O–H groups in total. The number of nitrogens with zero attached hydrogens (tertiary/aromatic N) is 2. The molecule has 0 spiro atoms. The SMILES string of the molecule is O=C1C(=O)N(CCN2CCOCC2)C(c2ccc(O)cc2)C1C(=O)c1ccccc1. The quantitative estimate of drug-likeness (QED) is 0.445. The summed E-state index contributed by atoms with van der Waals surface area (Å²) in [4.78, 5) is 42.8. The van der Waals surface area contributed by atoms with Crippen LogP contribution in [-0.2, 0) is 14.3 Å². The molecule has 2 fully saturated rings. The van der Waals surface area contributed by atoms with E-state index < -0.39 is 23.7 Å². The Morgan fingerprint density at radius 2 is 1.63 bits per heavy atom. The zero-order valence-electron chi connectivity index (χ0n) is 16.6. The van der Waals surface area contributed by atoms with Crippen molar-refractivity contribution in [3.8, 4) is 5.75 Å². The Hall–Kier alpha value is -3.03. The third-order valence-corrected chi connectivity index (χ3v) is 5.74. The molecule has 0 radical (unpaired) electrons. The lowest BCUT2D eigenvalue weighted by atomic mass is 9.86. The van der Waals surface area contributed by atoms with E-state index >= 15 is 0 Å². The highest BCUT2D eigenvalue weighted by molar-refractivity contribution is 6.44. The maximum absolute atomic E-state index is 13.2. The maximum Gasteiger partial charge on any atom is 0.291 e. The van der Waals surface area contributed by atoms with Crippen LogP contribution in [0.25, 0.3) is 0 Å². The third-order valence-electron chi connectivity index (χ3n) is 5.74. The Morgan fingerprint density at radius 1 is 0.967 bits per heavy atom. The number of aromatic hydroxyl groups is 1. The van der Waals surface area contributed by atoms with Gasteiger partial charge in [-0.25, -0.2) is 0 Å². The van der Waals surface area contributed by atoms with Crippen LogP contribution in [0.5, 0.6) is 5.75 Å². The predicted molar refractivity (Wildman–Crippen MR) is 109 cm³/mol. The zero-order valence-corrected chi connectivity index (χ0v) is 16.6. The largest absolute Gasteiger partial charge is 0.508 e. The van der Waals surface area contributed by atoms with Crippen LogP contribution in [-0.4, -0.2) is 71.8 Å². The first-order valence-corrected chi connectivity index (χ1v) is 10.1. The summed E-state index contributed by atoms with van der Waals surface area (Å²) in [5.41, 5.74) is 1.06. The van der Waals surface area contributed by atoms with E-state index in [4.69, 9.17) is 4.74 Å². The van der Waals surface area contributed by atoms with Crippen molar-refractivity contribution in [1.82, 2.24) is 9.80 Å². The lowest BCUT2D eigenvalue weighted by Gasteiger charge is -2.31. The fourth-order valence-corrected chi connectivity index (χ4v) is 4.13. The molecule has 2 saturated heterocycles. The van der Waals surface area contributed by atoms with Gasteiger partial charge in [0.15, 0.2) is 5.78 Å². The van der Waals surface area contributed by atoms with Crippen molar-refractivity contribution in [2.24, 2.45) is 5.92 Å². The number of carbonyl (C=O) groups excluding carboxylic acids is 3. The van der Waals surface area contributed by atoms with Crippen molar-refractivity contribution in [1.29, 1.82) is 0 Å². The number of hydrogen-bond donors (Lipinski definition) is 1. The number of phenolic OH excluding ortho intramolecular Hbond substituents is 1. The van der Waals surface area contributed by atoms with E-state index in [1.54, 1.807) is 42.5 Å². The highest BCUT2D eigenvalue weighted by atomic mass is 16.5. The minimum atomic E-state index is -1.10. The van der Waals surface area contributed by atoms with E-state index in [0.29, 0.717) is 37.4 Å². The molecule has 4 rings (SSSR count). The molecule has 0 aromatic heterocycles. The van der Waals surface area contributed by atoms with E-state index in [1.807, 2.05) is 0 Å². The second kappa shape index (κ2) is 8.77. The monoisotopic (exact) mass is 408 g/mol. The number of benzene rings is 2. The summed E-state index contributed by atoms with van der Waals surface area (Å²) < 4.78 is 5.36. The van der Waals surface area contributed by atoms with Crippen LogP contribution < -0.4 is 0 Å².